The van der Waals surface area contributed by atoms with Crippen molar-refractivity contribution in [3.05, 3.63) is 35.9 Å². The van der Waals surface area contributed by atoms with Gasteiger partial charge in [0.2, 0.25) is 0 Å². The second-order valence-electron chi connectivity index (χ2n) is 4.01. The largest absolute Gasteiger partial charge is 0.314 e. The van der Waals surface area contributed by atoms with Gasteiger partial charge in [0.15, 0.2) is 0 Å². The molecule has 0 aliphatic heterocycles. The van der Waals surface area contributed by atoms with E-state index in [0.29, 0.717) is 12.0 Å². The van der Waals surface area contributed by atoms with E-state index in [4.69, 9.17) is 0 Å². The lowest BCUT2D eigenvalue weighted by molar-refractivity contribution is 0.406. The van der Waals surface area contributed by atoms with E-state index in [0.717, 1.165) is 13.0 Å². The van der Waals surface area contributed by atoms with E-state index >= 15 is 0 Å². The van der Waals surface area contributed by atoms with Crippen molar-refractivity contribution in [2.24, 2.45) is 5.92 Å². The van der Waals surface area contributed by atoms with Gasteiger partial charge in [-0.25, -0.2) is 0 Å². The molecule has 2 atom stereocenters. The van der Waals surface area contributed by atoms with E-state index in [2.05, 4.69) is 56.4 Å². The van der Waals surface area contributed by atoms with Gasteiger partial charge in [-0.15, -0.1) is 0 Å². The third kappa shape index (κ3) is 3.51. The minimum atomic E-state index is 0.597. The SMILES string of the molecule is CCNC(C)C(C)Cc1ccccc1. The van der Waals surface area contributed by atoms with Crippen LogP contribution in [0.15, 0.2) is 30.3 Å². The third-order valence-corrected chi connectivity index (χ3v) is 2.78. The van der Waals surface area contributed by atoms with Crippen molar-refractivity contribution in [1.29, 1.82) is 0 Å². The molecule has 1 aromatic carbocycles. The minimum absolute atomic E-state index is 0.597. The molecule has 1 nitrogen and oxygen atoms in total. The van der Waals surface area contributed by atoms with Crippen LogP contribution >= 0.6 is 0 Å². The second-order valence-corrected chi connectivity index (χ2v) is 4.01. The zero-order valence-electron chi connectivity index (χ0n) is 9.46. The maximum Gasteiger partial charge on any atom is 0.00674 e. The van der Waals surface area contributed by atoms with Crippen LogP contribution in [0.3, 0.4) is 0 Å². The van der Waals surface area contributed by atoms with Crippen LogP contribution in [0.4, 0.5) is 0 Å². The lowest BCUT2D eigenvalue weighted by Crippen LogP contribution is -2.32. The van der Waals surface area contributed by atoms with Gasteiger partial charge in [0, 0.05) is 6.04 Å². The van der Waals surface area contributed by atoms with Gasteiger partial charge in [0.1, 0.15) is 0 Å². The van der Waals surface area contributed by atoms with Crippen LogP contribution < -0.4 is 5.32 Å². The first-order valence-electron chi connectivity index (χ1n) is 5.51. The molecule has 0 amide bonds. The molecule has 1 aromatic rings. The van der Waals surface area contributed by atoms with Crippen LogP contribution in [0, 0.1) is 5.92 Å². The molecule has 0 spiro atoms. The number of hydrogen-bond donors (Lipinski definition) is 1. The summed E-state index contributed by atoms with van der Waals surface area (Å²) < 4.78 is 0. The second kappa shape index (κ2) is 5.82. The molecule has 1 rings (SSSR count). The first-order chi connectivity index (χ1) is 6.74. The number of rotatable bonds is 5. The van der Waals surface area contributed by atoms with Crippen molar-refractivity contribution in [3.63, 3.8) is 0 Å². The Balaban J connectivity index is 2.44. The van der Waals surface area contributed by atoms with Crippen LogP contribution in [0.5, 0.6) is 0 Å². The molecule has 1 N–H and O–H groups in total. The first-order valence-corrected chi connectivity index (χ1v) is 5.51. The van der Waals surface area contributed by atoms with Gasteiger partial charge in [0.25, 0.3) is 0 Å². The summed E-state index contributed by atoms with van der Waals surface area (Å²) in [5.74, 6) is 0.692. The molecular formula is C13H21N. The molecule has 0 heterocycles. The summed E-state index contributed by atoms with van der Waals surface area (Å²) >= 11 is 0. The Kier molecular flexibility index (Phi) is 4.68. The third-order valence-electron chi connectivity index (χ3n) is 2.78. The van der Waals surface area contributed by atoms with Gasteiger partial charge >= 0.3 is 0 Å². The number of nitrogens with one attached hydrogen (secondary N) is 1. The zero-order valence-corrected chi connectivity index (χ0v) is 9.46. The summed E-state index contributed by atoms with van der Waals surface area (Å²) in [6.07, 6.45) is 1.16. The highest BCUT2D eigenvalue weighted by atomic mass is 14.9. The van der Waals surface area contributed by atoms with Crippen molar-refractivity contribution in [3.8, 4) is 0 Å². The molecular weight excluding hydrogens is 170 g/mol. The van der Waals surface area contributed by atoms with Crippen LogP contribution in [0.2, 0.25) is 0 Å². The Morgan fingerprint density at radius 1 is 1.14 bits per heavy atom. The standard InChI is InChI=1S/C13H21N/c1-4-14-12(3)11(2)10-13-8-6-5-7-9-13/h5-9,11-12,14H,4,10H2,1-3H3. The van der Waals surface area contributed by atoms with Gasteiger partial charge in [-0.3, -0.25) is 0 Å². The molecule has 78 valence electrons. The molecule has 0 aliphatic carbocycles. The maximum atomic E-state index is 3.47. The first kappa shape index (κ1) is 11.3. The van der Waals surface area contributed by atoms with E-state index in [1.807, 2.05) is 0 Å². The zero-order chi connectivity index (χ0) is 10.4. The molecule has 1 heteroatoms. The summed E-state index contributed by atoms with van der Waals surface area (Å²) in [6, 6.07) is 11.3. The summed E-state index contributed by atoms with van der Waals surface area (Å²) in [5, 5.41) is 3.47. The minimum Gasteiger partial charge on any atom is -0.314 e. The van der Waals surface area contributed by atoms with Crippen LogP contribution in [0.25, 0.3) is 0 Å². The molecule has 2 unspecified atom stereocenters. The van der Waals surface area contributed by atoms with Crippen LogP contribution in [0.1, 0.15) is 26.3 Å². The number of benzene rings is 1. The summed E-state index contributed by atoms with van der Waals surface area (Å²) in [5.41, 5.74) is 1.43. The Morgan fingerprint density at radius 3 is 2.36 bits per heavy atom. The molecule has 0 saturated carbocycles. The van der Waals surface area contributed by atoms with Gasteiger partial charge < -0.3 is 5.32 Å². The van der Waals surface area contributed by atoms with E-state index in [-0.39, 0.29) is 0 Å². The summed E-state index contributed by atoms with van der Waals surface area (Å²) in [6.45, 7) is 7.78. The van der Waals surface area contributed by atoms with Crippen molar-refractivity contribution >= 4 is 0 Å². The smallest absolute Gasteiger partial charge is 0.00674 e. The van der Waals surface area contributed by atoms with E-state index in [9.17, 15) is 0 Å². The lowest BCUT2D eigenvalue weighted by atomic mass is 9.95. The summed E-state index contributed by atoms with van der Waals surface area (Å²) in [4.78, 5) is 0. The van der Waals surface area contributed by atoms with Gasteiger partial charge in [0.05, 0.1) is 0 Å². The predicted octanol–water partition coefficient (Wildman–Crippen LogP) is 2.86. The normalized spacial score (nSPS) is 15.1. The maximum absolute atomic E-state index is 3.47. The topological polar surface area (TPSA) is 12.0 Å². The average Bonchev–Trinajstić information content (AvgIpc) is 2.19. The lowest BCUT2D eigenvalue weighted by Gasteiger charge is -2.20. The Hall–Kier alpha value is -0.820. The van der Waals surface area contributed by atoms with E-state index in [1.54, 1.807) is 0 Å². The predicted molar refractivity (Wildman–Crippen MR) is 62.4 cm³/mol. The molecule has 0 saturated heterocycles. The molecule has 0 aliphatic rings. The van der Waals surface area contributed by atoms with Crippen molar-refractivity contribution in [1.82, 2.24) is 5.32 Å². The average molecular weight is 191 g/mol. The Labute approximate surface area is 87.5 Å². The van der Waals surface area contributed by atoms with E-state index < -0.39 is 0 Å². The van der Waals surface area contributed by atoms with Gasteiger partial charge in [-0.1, -0.05) is 44.2 Å². The highest BCUT2D eigenvalue weighted by Gasteiger charge is 2.10. The molecule has 0 fully saturated rings. The Morgan fingerprint density at radius 2 is 1.79 bits per heavy atom. The molecule has 0 bridgehead atoms. The van der Waals surface area contributed by atoms with Gasteiger partial charge in [-0.05, 0) is 31.4 Å². The summed E-state index contributed by atoms with van der Waals surface area (Å²) in [7, 11) is 0. The molecule has 0 aromatic heterocycles. The monoisotopic (exact) mass is 191 g/mol. The number of hydrogen-bond acceptors (Lipinski definition) is 1. The fourth-order valence-corrected chi connectivity index (χ4v) is 1.69. The van der Waals surface area contributed by atoms with Gasteiger partial charge in [-0.2, -0.15) is 0 Å². The molecule has 0 radical (unpaired) electrons. The van der Waals surface area contributed by atoms with Crippen molar-refractivity contribution in [2.45, 2.75) is 33.2 Å². The van der Waals surface area contributed by atoms with Crippen LogP contribution in [-0.4, -0.2) is 12.6 Å². The van der Waals surface area contributed by atoms with Crippen molar-refractivity contribution in [2.75, 3.05) is 6.54 Å². The highest BCUT2D eigenvalue weighted by molar-refractivity contribution is 5.15. The van der Waals surface area contributed by atoms with E-state index in [1.165, 1.54) is 5.56 Å². The molecule has 14 heavy (non-hydrogen) atoms. The highest BCUT2D eigenvalue weighted by Crippen LogP contribution is 2.11. The Bertz CT molecular complexity index is 243. The van der Waals surface area contributed by atoms with Crippen LogP contribution in [-0.2, 0) is 6.42 Å². The fourth-order valence-electron chi connectivity index (χ4n) is 1.69. The quantitative estimate of drug-likeness (QED) is 0.754. The van der Waals surface area contributed by atoms with Crippen molar-refractivity contribution < 1.29 is 0 Å². The fraction of sp³-hybridized carbons (Fsp3) is 0.538.